The summed E-state index contributed by atoms with van der Waals surface area (Å²) < 4.78 is 6.72. The van der Waals surface area contributed by atoms with E-state index in [4.69, 9.17) is 4.74 Å². The molecule has 3 rings (SSSR count). The summed E-state index contributed by atoms with van der Waals surface area (Å²) in [6.07, 6.45) is 0.725. The third-order valence-electron chi connectivity index (χ3n) is 3.74. The summed E-state index contributed by atoms with van der Waals surface area (Å²) in [6, 6.07) is 7.65. The number of halogens is 2. The highest BCUT2D eigenvalue weighted by molar-refractivity contribution is 9.10. The number of para-hydroxylation sites is 1. The molecule has 1 aromatic carbocycles. The lowest BCUT2D eigenvalue weighted by molar-refractivity contribution is 0.0926. The van der Waals surface area contributed by atoms with Gasteiger partial charge in [0.15, 0.2) is 5.69 Å². The minimum Gasteiger partial charge on any atom is -0.488 e. The van der Waals surface area contributed by atoms with Gasteiger partial charge in [-0.15, -0.1) is 12.4 Å². The molecule has 0 saturated heterocycles. The summed E-state index contributed by atoms with van der Waals surface area (Å²) >= 11 is 3.44. The number of ether oxygens (including phenoxy) is 1. The average Bonchev–Trinajstić information content (AvgIpc) is 2.99. The lowest BCUT2D eigenvalue weighted by Crippen LogP contribution is -2.35. The number of nitrogens with one attached hydrogen (secondary N) is 3. The van der Waals surface area contributed by atoms with Crippen LogP contribution in [-0.2, 0) is 13.0 Å². The van der Waals surface area contributed by atoms with Gasteiger partial charge in [-0.1, -0.05) is 12.1 Å². The zero-order chi connectivity index (χ0) is 16.2. The van der Waals surface area contributed by atoms with Gasteiger partial charge in [0.25, 0.3) is 5.91 Å². The van der Waals surface area contributed by atoms with Gasteiger partial charge in [0, 0.05) is 30.8 Å². The predicted octanol–water partition coefficient (Wildman–Crippen LogP) is 2.44. The number of hydrogen-bond acceptors (Lipinski definition) is 4. The zero-order valence-corrected chi connectivity index (χ0v) is 15.7. The smallest absolute Gasteiger partial charge is 0.272 e. The van der Waals surface area contributed by atoms with Gasteiger partial charge in [0.05, 0.1) is 11.0 Å². The van der Waals surface area contributed by atoms with Crippen LogP contribution in [0.25, 0.3) is 0 Å². The van der Waals surface area contributed by atoms with Gasteiger partial charge in [0.2, 0.25) is 0 Å². The van der Waals surface area contributed by atoms with Gasteiger partial charge >= 0.3 is 0 Å². The Balaban J connectivity index is 0.00000208. The molecule has 1 unspecified atom stereocenters. The number of fused-ring (bicyclic) bond motifs is 1. The molecule has 2 heterocycles. The molecule has 0 spiro atoms. The van der Waals surface area contributed by atoms with Gasteiger partial charge < -0.3 is 15.4 Å². The van der Waals surface area contributed by atoms with Crippen LogP contribution in [0.15, 0.2) is 28.7 Å². The number of carbonyl (C=O) groups excluding carboxylic acids is 1. The van der Waals surface area contributed by atoms with Crippen LogP contribution < -0.4 is 15.4 Å². The Bertz CT molecular complexity index is 707. The largest absolute Gasteiger partial charge is 0.488 e. The molecule has 2 aromatic rings. The monoisotopic (exact) mass is 414 g/mol. The summed E-state index contributed by atoms with van der Waals surface area (Å²) in [6.45, 7) is 3.92. The minimum atomic E-state index is -0.172. The number of H-pyrrole nitrogens is 1. The Hall–Kier alpha value is -1.57. The Morgan fingerprint density at radius 1 is 1.46 bits per heavy atom. The van der Waals surface area contributed by atoms with E-state index in [9.17, 15) is 4.79 Å². The number of aromatic nitrogens is 2. The van der Waals surface area contributed by atoms with Crippen LogP contribution in [0.5, 0.6) is 5.75 Å². The Morgan fingerprint density at radius 2 is 2.25 bits per heavy atom. The van der Waals surface area contributed by atoms with Crippen molar-refractivity contribution in [1.29, 1.82) is 0 Å². The molecule has 1 aromatic heterocycles. The van der Waals surface area contributed by atoms with E-state index < -0.39 is 0 Å². The highest BCUT2D eigenvalue weighted by atomic mass is 79.9. The summed E-state index contributed by atoms with van der Waals surface area (Å²) in [5, 5.41) is 13.2. The summed E-state index contributed by atoms with van der Waals surface area (Å²) in [5.41, 5.74) is 2.49. The van der Waals surface area contributed by atoms with Crippen molar-refractivity contribution in [2.75, 3.05) is 13.1 Å². The Labute approximate surface area is 155 Å². The second-order valence-corrected chi connectivity index (χ2v) is 6.38. The molecule has 0 saturated carbocycles. The highest BCUT2D eigenvalue weighted by Gasteiger charge is 2.21. The molecular weight excluding hydrogens is 396 g/mol. The third-order valence-corrected chi connectivity index (χ3v) is 4.39. The highest BCUT2D eigenvalue weighted by Crippen LogP contribution is 2.24. The van der Waals surface area contributed by atoms with Crippen LogP contribution in [0.1, 0.15) is 28.7 Å². The SMILES string of the molecule is CC(CNC(=O)c1n[nH]c2c1CNCC2)Oc1ccccc1Br.Cl. The van der Waals surface area contributed by atoms with Crippen molar-refractivity contribution in [2.45, 2.75) is 26.0 Å². The normalized spacial score (nSPS) is 14.2. The molecule has 1 aliphatic heterocycles. The summed E-state index contributed by atoms with van der Waals surface area (Å²) in [5.74, 6) is 0.587. The van der Waals surface area contributed by atoms with Crippen LogP contribution >= 0.6 is 28.3 Å². The summed E-state index contributed by atoms with van der Waals surface area (Å²) in [7, 11) is 0. The molecule has 1 amide bonds. The van der Waals surface area contributed by atoms with Crippen molar-refractivity contribution >= 4 is 34.2 Å². The maximum Gasteiger partial charge on any atom is 0.272 e. The molecule has 8 heteroatoms. The van der Waals surface area contributed by atoms with Gasteiger partial charge in [-0.2, -0.15) is 5.10 Å². The number of rotatable bonds is 5. The lowest BCUT2D eigenvalue weighted by atomic mass is 10.1. The fraction of sp³-hybridized carbons (Fsp3) is 0.375. The van der Waals surface area contributed by atoms with Crippen molar-refractivity contribution in [2.24, 2.45) is 0 Å². The van der Waals surface area contributed by atoms with Crippen molar-refractivity contribution in [3.05, 3.63) is 45.7 Å². The van der Waals surface area contributed by atoms with Crippen LogP contribution in [0.2, 0.25) is 0 Å². The van der Waals surface area contributed by atoms with Gasteiger partial charge in [-0.3, -0.25) is 9.89 Å². The molecule has 130 valence electrons. The Morgan fingerprint density at radius 3 is 3.04 bits per heavy atom. The number of nitrogens with zero attached hydrogens (tertiary/aromatic N) is 1. The fourth-order valence-corrected chi connectivity index (χ4v) is 2.91. The third kappa shape index (κ3) is 4.28. The molecular formula is C16H20BrClN4O2. The first-order chi connectivity index (χ1) is 11.1. The van der Waals surface area contributed by atoms with E-state index in [1.165, 1.54) is 0 Å². The summed E-state index contributed by atoms with van der Waals surface area (Å²) in [4.78, 5) is 12.3. The van der Waals surface area contributed by atoms with Gasteiger partial charge in [-0.25, -0.2) is 0 Å². The molecule has 0 radical (unpaired) electrons. The zero-order valence-electron chi connectivity index (χ0n) is 13.3. The van der Waals surface area contributed by atoms with E-state index in [2.05, 4.69) is 36.8 Å². The molecule has 0 bridgehead atoms. The van der Waals surface area contributed by atoms with E-state index in [1.54, 1.807) is 0 Å². The van der Waals surface area contributed by atoms with Crippen LogP contribution in [0.3, 0.4) is 0 Å². The number of hydrogen-bond donors (Lipinski definition) is 3. The lowest BCUT2D eigenvalue weighted by Gasteiger charge is -2.17. The maximum atomic E-state index is 12.3. The van der Waals surface area contributed by atoms with Crippen LogP contribution in [-0.4, -0.2) is 35.3 Å². The number of aromatic amines is 1. The van der Waals surface area contributed by atoms with Gasteiger partial charge in [-0.05, 0) is 35.0 Å². The first-order valence-corrected chi connectivity index (χ1v) is 8.40. The minimum absolute atomic E-state index is 0. The van der Waals surface area contributed by atoms with Crippen molar-refractivity contribution in [3.63, 3.8) is 0 Å². The molecule has 24 heavy (non-hydrogen) atoms. The molecule has 0 fully saturated rings. The quantitative estimate of drug-likeness (QED) is 0.701. The first kappa shape index (κ1) is 18.8. The standard InChI is InChI=1S/C16H19BrN4O2.ClH/c1-10(23-14-5-3-2-4-12(14)17)8-19-16(22)15-11-9-18-7-6-13(11)20-21-15;/h2-5,10,18H,6-9H2,1H3,(H,19,22)(H,20,21);1H. The van der Waals surface area contributed by atoms with Crippen molar-refractivity contribution in [1.82, 2.24) is 20.8 Å². The predicted molar refractivity (Wildman–Crippen MR) is 97.8 cm³/mol. The van der Waals surface area contributed by atoms with E-state index in [0.29, 0.717) is 18.8 Å². The maximum absolute atomic E-state index is 12.3. The molecule has 0 aliphatic carbocycles. The molecule has 1 atom stereocenters. The Kier molecular flexibility index (Phi) is 6.65. The second kappa shape index (κ2) is 8.50. The number of benzene rings is 1. The first-order valence-electron chi connectivity index (χ1n) is 7.61. The van der Waals surface area contributed by atoms with E-state index in [1.807, 2.05) is 31.2 Å². The van der Waals surface area contributed by atoms with Gasteiger partial charge in [0.1, 0.15) is 11.9 Å². The van der Waals surface area contributed by atoms with E-state index in [0.717, 1.165) is 34.4 Å². The van der Waals surface area contributed by atoms with Crippen LogP contribution in [0, 0.1) is 0 Å². The molecule has 1 aliphatic rings. The molecule has 3 N–H and O–H groups in total. The number of carbonyl (C=O) groups is 1. The topological polar surface area (TPSA) is 79.0 Å². The second-order valence-electron chi connectivity index (χ2n) is 5.53. The number of amides is 1. The van der Waals surface area contributed by atoms with Crippen LogP contribution in [0.4, 0.5) is 0 Å². The van der Waals surface area contributed by atoms with Crippen molar-refractivity contribution < 1.29 is 9.53 Å². The fourth-order valence-electron chi connectivity index (χ4n) is 2.53. The van der Waals surface area contributed by atoms with E-state index in [-0.39, 0.29) is 24.4 Å². The average molecular weight is 416 g/mol. The molecule has 6 nitrogen and oxygen atoms in total. The van der Waals surface area contributed by atoms with Crippen molar-refractivity contribution in [3.8, 4) is 5.75 Å². The van der Waals surface area contributed by atoms with E-state index >= 15 is 0 Å².